The predicted molar refractivity (Wildman–Crippen MR) is 71.8 cm³/mol. The van der Waals surface area contributed by atoms with Crippen molar-refractivity contribution in [1.29, 1.82) is 0 Å². The van der Waals surface area contributed by atoms with Gasteiger partial charge in [0.25, 0.3) is 0 Å². The van der Waals surface area contributed by atoms with Crippen molar-refractivity contribution in [2.24, 2.45) is 0 Å². The lowest BCUT2D eigenvalue weighted by Gasteiger charge is -2.07. The quantitative estimate of drug-likeness (QED) is 0.790. The lowest BCUT2D eigenvalue weighted by Crippen LogP contribution is -1.92. The summed E-state index contributed by atoms with van der Waals surface area (Å²) < 4.78 is 4.98. The van der Waals surface area contributed by atoms with Gasteiger partial charge in [-0.1, -0.05) is 6.07 Å². The van der Waals surface area contributed by atoms with Gasteiger partial charge in [0.05, 0.1) is 7.11 Å². The predicted octanol–water partition coefficient (Wildman–Crippen LogP) is 2.60. The lowest BCUT2D eigenvalue weighted by molar-refractivity contribution is 0.373. The molecule has 0 saturated carbocycles. The van der Waals surface area contributed by atoms with E-state index in [1.54, 1.807) is 24.3 Å². The largest absolute Gasteiger partial charge is 0.508 e. The molecule has 100 valence electrons. The molecule has 3 N–H and O–H groups in total. The second kappa shape index (κ2) is 5.52. The van der Waals surface area contributed by atoms with Crippen LogP contribution in [0.3, 0.4) is 0 Å². The van der Waals surface area contributed by atoms with Gasteiger partial charge in [-0.25, -0.2) is 0 Å². The Bertz CT molecular complexity index is 558. The molecule has 0 spiro atoms. The molecular formula is C15H16O4. The SMILES string of the molecule is COc1ccc(CCc2cc(O)cc(O)c2)cc1O. The fourth-order valence-corrected chi connectivity index (χ4v) is 1.98. The molecule has 0 amide bonds. The Hall–Kier alpha value is -2.36. The van der Waals surface area contributed by atoms with E-state index < -0.39 is 0 Å². The molecule has 0 aliphatic carbocycles. The zero-order valence-electron chi connectivity index (χ0n) is 10.6. The zero-order valence-corrected chi connectivity index (χ0v) is 10.6. The first-order chi connectivity index (χ1) is 9.08. The number of aryl methyl sites for hydroxylation is 2. The van der Waals surface area contributed by atoms with Crippen LogP contribution in [0.15, 0.2) is 36.4 Å². The highest BCUT2D eigenvalue weighted by Crippen LogP contribution is 2.27. The number of aromatic hydroxyl groups is 3. The van der Waals surface area contributed by atoms with E-state index in [0.717, 1.165) is 11.1 Å². The van der Waals surface area contributed by atoms with Crippen molar-refractivity contribution in [3.05, 3.63) is 47.5 Å². The summed E-state index contributed by atoms with van der Waals surface area (Å²) in [6.45, 7) is 0. The molecule has 0 aromatic heterocycles. The number of phenols is 3. The van der Waals surface area contributed by atoms with Crippen LogP contribution in [0.1, 0.15) is 11.1 Å². The third-order valence-corrected chi connectivity index (χ3v) is 2.91. The maximum atomic E-state index is 9.67. The summed E-state index contributed by atoms with van der Waals surface area (Å²) in [4.78, 5) is 0. The summed E-state index contributed by atoms with van der Waals surface area (Å²) in [5.74, 6) is 0.651. The summed E-state index contributed by atoms with van der Waals surface area (Å²) in [6, 6.07) is 9.77. The molecule has 19 heavy (non-hydrogen) atoms. The molecule has 2 aromatic carbocycles. The van der Waals surface area contributed by atoms with E-state index >= 15 is 0 Å². The molecule has 2 aromatic rings. The molecule has 0 aliphatic heterocycles. The van der Waals surface area contributed by atoms with Crippen molar-refractivity contribution in [2.45, 2.75) is 12.8 Å². The van der Waals surface area contributed by atoms with Gasteiger partial charge in [-0.15, -0.1) is 0 Å². The number of hydrogen-bond donors (Lipinski definition) is 3. The minimum absolute atomic E-state index is 0.0487. The molecule has 4 heteroatoms. The number of phenolic OH excluding ortho intramolecular Hbond substituents is 3. The van der Waals surface area contributed by atoms with E-state index in [2.05, 4.69) is 0 Å². The highest BCUT2D eigenvalue weighted by molar-refractivity contribution is 5.42. The Balaban J connectivity index is 2.08. The van der Waals surface area contributed by atoms with E-state index in [0.29, 0.717) is 18.6 Å². The van der Waals surface area contributed by atoms with E-state index in [1.807, 2.05) is 6.07 Å². The summed E-state index contributed by atoms with van der Waals surface area (Å²) in [5, 5.41) is 28.4. The van der Waals surface area contributed by atoms with Crippen LogP contribution in [-0.4, -0.2) is 22.4 Å². The van der Waals surface area contributed by atoms with E-state index in [9.17, 15) is 15.3 Å². The molecule has 0 saturated heterocycles. The van der Waals surface area contributed by atoms with Gasteiger partial charge < -0.3 is 20.1 Å². The molecule has 0 unspecified atom stereocenters. The molecule has 0 fully saturated rings. The van der Waals surface area contributed by atoms with Crippen molar-refractivity contribution >= 4 is 0 Å². The van der Waals surface area contributed by atoms with Gasteiger partial charge in [0.2, 0.25) is 0 Å². The van der Waals surface area contributed by atoms with Gasteiger partial charge in [-0.2, -0.15) is 0 Å². The molecule has 0 aliphatic rings. The zero-order chi connectivity index (χ0) is 13.8. The van der Waals surface area contributed by atoms with Gasteiger partial charge >= 0.3 is 0 Å². The molecule has 0 atom stereocenters. The summed E-state index contributed by atoms with van der Waals surface area (Å²) >= 11 is 0. The van der Waals surface area contributed by atoms with Gasteiger partial charge in [-0.3, -0.25) is 0 Å². The Morgan fingerprint density at radius 1 is 0.842 bits per heavy atom. The van der Waals surface area contributed by atoms with Crippen LogP contribution >= 0.6 is 0 Å². The number of hydrogen-bond acceptors (Lipinski definition) is 4. The summed E-state index contributed by atoms with van der Waals surface area (Å²) in [5.41, 5.74) is 1.80. The summed E-state index contributed by atoms with van der Waals surface area (Å²) in [7, 11) is 1.50. The fraction of sp³-hybridized carbons (Fsp3) is 0.200. The number of methoxy groups -OCH3 is 1. The molecule has 0 heterocycles. The van der Waals surface area contributed by atoms with E-state index in [-0.39, 0.29) is 17.2 Å². The van der Waals surface area contributed by atoms with Crippen LogP contribution in [0.5, 0.6) is 23.0 Å². The van der Waals surface area contributed by atoms with Crippen LogP contribution in [0.25, 0.3) is 0 Å². The smallest absolute Gasteiger partial charge is 0.160 e. The minimum Gasteiger partial charge on any atom is -0.508 e. The Labute approximate surface area is 111 Å². The number of benzene rings is 2. The molecular weight excluding hydrogens is 244 g/mol. The maximum Gasteiger partial charge on any atom is 0.160 e. The second-order valence-electron chi connectivity index (χ2n) is 4.36. The first-order valence-electron chi connectivity index (χ1n) is 5.96. The first kappa shape index (κ1) is 13.1. The number of ether oxygens (including phenoxy) is 1. The van der Waals surface area contributed by atoms with Crippen molar-refractivity contribution < 1.29 is 20.1 Å². The van der Waals surface area contributed by atoms with Crippen molar-refractivity contribution in [1.82, 2.24) is 0 Å². The molecule has 0 bridgehead atoms. The van der Waals surface area contributed by atoms with E-state index in [1.165, 1.54) is 13.2 Å². The van der Waals surface area contributed by atoms with Crippen molar-refractivity contribution in [3.63, 3.8) is 0 Å². The normalized spacial score (nSPS) is 10.4. The van der Waals surface area contributed by atoms with Crippen LogP contribution in [0.4, 0.5) is 0 Å². The highest BCUT2D eigenvalue weighted by atomic mass is 16.5. The Morgan fingerprint density at radius 2 is 1.47 bits per heavy atom. The molecule has 4 nitrogen and oxygen atoms in total. The Kier molecular flexibility index (Phi) is 3.80. The highest BCUT2D eigenvalue weighted by Gasteiger charge is 2.04. The summed E-state index contributed by atoms with van der Waals surface area (Å²) in [6.07, 6.45) is 1.36. The van der Waals surface area contributed by atoms with Crippen LogP contribution in [-0.2, 0) is 12.8 Å². The Morgan fingerprint density at radius 3 is 2.05 bits per heavy atom. The van der Waals surface area contributed by atoms with Gasteiger partial charge in [0, 0.05) is 6.07 Å². The van der Waals surface area contributed by atoms with Crippen LogP contribution in [0.2, 0.25) is 0 Å². The third-order valence-electron chi connectivity index (χ3n) is 2.91. The topological polar surface area (TPSA) is 69.9 Å². The van der Waals surface area contributed by atoms with Crippen LogP contribution < -0.4 is 4.74 Å². The fourth-order valence-electron chi connectivity index (χ4n) is 1.98. The van der Waals surface area contributed by atoms with Gasteiger partial charge in [-0.05, 0) is 48.2 Å². The average Bonchev–Trinajstić information content (AvgIpc) is 2.35. The van der Waals surface area contributed by atoms with Gasteiger partial charge in [0.15, 0.2) is 11.5 Å². The first-order valence-corrected chi connectivity index (χ1v) is 5.96. The monoisotopic (exact) mass is 260 g/mol. The molecule has 2 rings (SSSR count). The van der Waals surface area contributed by atoms with Gasteiger partial charge in [0.1, 0.15) is 11.5 Å². The van der Waals surface area contributed by atoms with Crippen molar-refractivity contribution in [2.75, 3.05) is 7.11 Å². The van der Waals surface area contributed by atoms with Crippen LogP contribution in [0, 0.1) is 0 Å². The van der Waals surface area contributed by atoms with E-state index in [4.69, 9.17) is 4.74 Å². The number of rotatable bonds is 4. The lowest BCUT2D eigenvalue weighted by atomic mass is 10.0. The second-order valence-corrected chi connectivity index (χ2v) is 4.36. The third kappa shape index (κ3) is 3.31. The standard InChI is InChI=1S/C15H16O4/c1-19-15-5-4-10(8-14(15)18)2-3-11-6-12(16)9-13(17)7-11/h4-9,16-18H,2-3H2,1H3. The molecule has 0 radical (unpaired) electrons. The van der Waals surface area contributed by atoms with Crippen molar-refractivity contribution in [3.8, 4) is 23.0 Å². The minimum atomic E-state index is 0.0487. The maximum absolute atomic E-state index is 9.67. The average molecular weight is 260 g/mol.